The second-order valence-electron chi connectivity index (χ2n) is 4.56. The Bertz CT molecular complexity index is 190. The Kier molecular flexibility index (Phi) is 5.69. The zero-order valence-electron chi connectivity index (χ0n) is 9.71. The van der Waals surface area contributed by atoms with Crippen LogP contribution in [0.1, 0.15) is 51.9 Å². The molecule has 3 heteroatoms. The summed E-state index contributed by atoms with van der Waals surface area (Å²) in [5.74, 6) is 0.678. The van der Waals surface area contributed by atoms with Gasteiger partial charge in [-0.3, -0.25) is 4.79 Å². The number of ether oxygens (including phenoxy) is 1. The first-order chi connectivity index (χ1) is 7.22. The van der Waals surface area contributed by atoms with E-state index in [1.54, 1.807) is 0 Å². The van der Waals surface area contributed by atoms with Gasteiger partial charge in [-0.05, 0) is 18.8 Å². The van der Waals surface area contributed by atoms with Crippen molar-refractivity contribution in [2.75, 3.05) is 6.61 Å². The predicted octanol–water partition coefficient (Wildman–Crippen LogP) is 2.24. The average Bonchev–Trinajstić information content (AvgIpc) is 2.09. The van der Waals surface area contributed by atoms with Gasteiger partial charge in [0.05, 0.1) is 13.0 Å². The van der Waals surface area contributed by atoms with Crippen molar-refractivity contribution in [3.8, 4) is 0 Å². The van der Waals surface area contributed by atoms with Crippen LogP contribution in [0.5, 0.6) is 0 Å². The van der Waals surface area contributed by atoms with Crippen LogP contribution in [-0.4, -0.2) is 18.6 Å². The maximum Gasteiger partial charge on any atom is 0.307 e. The second-order valence-corrected chi connectivity index (χ2v) is 4.56. The van der Waals surface area contributed by atoms with Gasteiger partial charge in [0.25, 0.3) is 0 Å². The summed E-state index contributed by atoms with van der Waals surface area (Å²) in [6.07, 6.45) is 7.31. The Morgan fingerprint density at radius 2 is 2.27 bits per heavy atom. The number of carbonyl (C=O) groups excluding carboxylic acids is 1. The maximum absolute atomic E-state index is 11.3. The molecule has 0 aromatic carbocycles. The van der Waals surface area contributed by atoms with E-state index in [1.807, 2.05) is 0 Å². The van der Waals surface area contributed by atoms with E-state index in [-0.39, 0.29) is 12.0 Å². The lowest BCUT2D eigenvalue weighted by molar-refractivity contribution is -0.144. The van der Waals surface area contributed by atoms with Gasteiger partial charge in [-0.25, -0.2) is 0 Å². The fraction of sp³-hybridized carbons (Fsp3) is 0.917. The van der Waals surface area contributed by atoms with Gasteiger partial charge in [0, 0.05) is 6.04 Å². The Morgan fingerprint density at radius 3 is 2.80 bits per heavy atom. The standard InChI is InChI=1S/C12H23NO2/c1-2-4-11(13)9-12(14)15-8-7-10-5-3-6-10/h10-11H,2-9,13H2,1H3. The fourth-order valence-corrected chi connectivity index (χ4v) is 1.87. The van der Waals surface area contributed by atoms with Gasteiger partial charge in [0.1, 0.15) is 0 Å². The molecule has 0 bridgehead atoms. The van der Waals surface area contributed by atoms with Gasteiger partial charge < -0.3 is 10.5 Å². The molecule has 0 radical (unpaired) electrons. The molecule has 0 amide bonds. The Hall–Kier alpha value is -0.570. The fourth-order valence-electron chi connectivity index (χ4n) is 1.87. The number of carbonyl (C=O) groups is 1. The summed E-state index contributed by atoms with van der Waals surface area (Å²) >= 11 is 0. The molecular formula is C12H23NO2. The van der Waals surface area contributed by atoms with Gasteiger partial charge >= 0.3 is 5.97 Å². The third-order valence-electron chi connectivity index (χ3n) is 3.10. The minimum absolute atomic E-state index is 0.0220. The summed E-state index contributed by atoms with van der Waals surface area (Å²) in [5, 5.41) is 0. The largest absolute Gasteiger partial charge is 0.466 e. The van der Waals surface area contributed by atoms with Gasteiger partial charge in [-0.1, -0.05) is 32.6 Å². The van der Waals surface area contributed by atoms with Crippen LogP contribution in [0.3, 0.4) is 0 Å². The van der Waals surface area contributed by atoms with Crippen molar-refractivity contribution in [2.24, 2.45) is 11.7 Å². The minimum Gasteiger partial charge on any atom is -0.466 e. The normalized spacial score (nSPS) is 18.3. The van der Waals surface area contributed by atoms with Crippen LogP contribution < -0.4 is 5.73 Å². The summed E-state index contributed by atoms with van der Waals surface area (Å²) < 4.78 is 5.15. The molecule has 1 aliphatic carbocycles. The van der Waals surface area contributed by atoms with E-state index < -0.39 is 0 Å². The molecule has 0 aliphatic heterocycles. The zero-order valence-corrected chi connectivity index (χ0v) is 9.71. The highest BCUT2D eigenvalue weighted by molar-refractivity contribution is 5.70. The quantitative estimate of drug-likeness (QED) is 0.660. The van der Waals surface area contributed by atoms with Crippen molar-refractivity contribution in [3.63, 3.8) is 0 Å². The summed E-state index contributed by atoms with van der Waals surface area (Å²) in [7, 11) is 0. The van der Waals surface area contributed by atoms with E-state index in [0.29, 0.717) is 13.0 Å². The number of rotatable bonds is 7. The van der Waals surface area contributed by atoms with E-state index in [1.165, 1.54) is 19.3 Å². The molecule has 0 heterocycles. The molecule has 1 aliphatic rings. The molecular weight excluding hydrogens is 190 g/mol. The van der Waals surface area contributed by atoms with Gasteiger partial charge in [0.2, 0.25) is 0 Å². The van der Waals surface area contributed by atoms with Gasteiger partial charge in [0.15, 0.2) is 0 Å². The molecule has 0 saturated heterocycles. The van der Waals surface area contributed by atoms with E-state index in [9.17, 15) is 4.79 Å². The number of esters is 1. The SMILES string of the molecule is CCCC(N)CC(=O)OCCC1CCC1. The van der Waals surface area contributed by atoms with Crippen molar-refractivity contribution in [2.45, 2.75) is 57.9 Å². The molecule has 1 saturated carbocycles. The molecule has 1 unspecified atom stereocenters. The van der Waals surface area contributed by atoms with Crippen molar-refractivity contribution < 1.29 is 9.53 Å². The van der Waals surface area contributed by atoms with Crippen molar-refractivity contribution >= 4 is 5.97 Å². The molecule has 88 valence electrons. The van der Waals surface area contributed by atoms with Crippen LogP contribution in [0, 0.1) is 5.92 Å². The van der Waals surface area contributed by atoms with Crippen molar-refractivity contribution in [1.82, 2.24) is 0 Å². The third-order valence-corrected chi connectivity index (χ3v) is 3.10. The molecule has 1 fully saturated rings. The van der Waals surface area contributed by atoms with E-state index in [2.05, 4.69) is 6.92 Å². The summed E-state index contributed by atoms with van der Waals surface area (Å²) in [6.45, 7) is 2.66. The Morgan fingerprint density at radius 1 is 1.53 bits per heavy atom. The van der Waals surface area contributed by atoms with E-state index >= 15 is 0 Å². The lowest BCUT2D eigenvalue weighted by Gasteiger charge is -2.24. The van der Waals surface area contributed by atoms with Crippen molar-refractivity contribution in [1.29, 1.82) is 0 Å². The molecule has 0 aromatic heterocycles. The van der Waals surface area contributed by atoms with Crippen molar-refractivity contribution in [3.05, 3.63) is 0 Å². The van der Waals surface area contributed by atoms with Gasteiger partial charge in [-0.2, -0.15) is 0 Å². The highest BCUT2D eigenvalue weighted by Crippen LogP contribution is 2.29. The topological polar surface area (TPSA) is 52.3 Å². The first-order valence-corrected chi connectivity index (χ1v) is 6.13. The predicted molar refractivity (Wildman–Crippen MR) is 60.4 cm³/mol. The molecule has 1 rings (SSSR count). The lowest BCUT2D eigenvalue weighted by atomic mass is 9.83. The number of nitrogens with two attached hydrogens (primary N) is 1. The molecule has 2 N–H and O–H groups in total. The molecule has 1 atom stereocenters. The summed E-state index contributed by atoms with van der Waals surface area (Å²) in [6, 6.07) is -0.0220. The Labute approximate surface area is 92.4 Å². The minimum atomic E-state index is -0.129. The van der Waals surface area contributed by atoms with Crippen LogP contribution >= 0.6 is 0 Å². The zero-order chi connectivity index (χ0) is 11.1. The average molecular weight is 213 g/mol. The first-order valence-electron chi connectivity index (χ1n) is 6.13. The highest BCUT2D eigenvalue weighted by atomic mass is 16.5. The lowest BCUT2D eigenvalue weighted by Crippen LogP contribution is -2.25. The molecule has 0 aromatic rings. The summed E-state index contributed by atoms with van der Waals surface area (Å²) in [4.78, 5) is 11.3. The third kappa shape index (κ3) is 5.17. The van der Waals surface area contributed by atoms with Crippen LogP contribution in [0.2, 0.25) is 0 Å². The van der Waals surface area contributed by atoms with Crippen LogP contribution in [0.4, 0.5) is 0 Å². The first kappa shape index (κ1) is 12.5. The molecule has 0 spiro atoms. The number of hydrogen-bond donors (Lipinski definition) is 1. The second kappa shape index (κ2) is 6.83. The Balaban J connectivity index is 1.97. The smallest absolute Gasteiger partial charge is 0.307 e. The van der Waals surface area contributed by atoms with Crippen LogP contribution in [0.15, 0.2) is 0 Å². The molecule has 3 nitrogen and oxygen atoms in total. The highest BCUT2D eigenvalue weighted by Gasteiger charge is 2.17. The van der Waals surface area contributed by atoms with Crippen LogP contribution in [0.25, 0.3) is 0 Å². The van der Waals surface area contributed by atoms with E-state index in [0.717, 1.165) is 25.2 Å². The maximum atomic E-state index is 11.3. The van der Waals surface area contributed by atoms with Crippen LogP contribution in [-0.2, 0) is 9.53 Å². The molecule has 15 heavy (non-hydrogen) atoms. The van der Waals surface area contributed by atoms with E-state index in [4.69, 9.17) is 10.5 Å². The van der Waals surface area contributed by atoms with Gasteiger partial charge in [-0.15, -0.1) is 0 Å². The number of hydrogen-bond acceptors (Lipinski definition) is 3. The monoisotopic (exact) mass is 213 g/mol. The summed E-state index contributed by atoms with van der Waals surface area (Å²) in [5.41, 5.74) is 5.75.